The van der Waals surface area contributed by atoms with Gasteiger partial charge in [-0.05, 0) is 30.0 Å². The van der Waals surface area contributed by atoms with Gasteiger partial charge in [0, 0.05) is 18.9 Å². The van der Waals surface area contributed by atoms with Crippen molar-refractivity contribution in [2.24, 2.45) is 5.92 Å². The first kappa shape index (κ1) is 15.4. The lowest BCUT2D eigenvalue weighted by atomic mass is 9.93. The summed E-state index contributed by atoms with van der Waals surface area (Å²) in [6, 6.07) is 14.2. The Morgan fingerprint density at radius 3 is 2.52 bits per heavy atom. The Morgan fingerprint density at radius 1 is 1.14 bits per heavy atom. The second-order valence-corrected chi connectivity index (χ2v) is 5.72. The van der Waals surface area contributed by atoms with E-state index in [1.54, 1.807) is 6.26 Å². The summed E-state index contributed by atoms with van der Waals surface area (Å²) in [5.41, 5.74) is 1.21. The molecule has 0 aliphatic carbocycles. The SMILES string of the molecule is CC(C)CC(=O)NCC[C@H](c1ccccc1)c1ccco1. The molecule has 1 atom stereocenters. The molecule has 0 saturated heterocycles. The van der Waals surface area contributed by atoms with Crippen LogP contribution in [0.3, 0.4) is 0 Å². The second kappa shape index (κ2) is 7.67. The molecule has 0 bridgehead atoms. The quantitative estimate of drug-likeness (QED) is 0.836. The minimum absolute atomic E-state index is 0.122. The number of hydrogen-bond acceptors (Lipinski definition) is 2. The third-order valence-corrected chi connectivity index (χ3v) is 3.44. The molecule has 2 rings (SSSR count). The zero-order chi connectivity index (χ0) is 15.1. The van der Waals surface area contributed by atoms with Gasteiger partial charge in [0.05, 0.1) is 6.26 Å². The maximum absolute atomic E-state index is 11.7. The summed E-state index contributed by atoms with van der Waals surface area (Å²) in [6.45, 7) is 4.76. The summed E-state index contributed by atoms with van der Waals surface area (Å²) in [6.07, 6.45) is 3.11. The van der Waals surface area contributed by atoms with E-state index in [0.29, 0.717) is 18.9 Å². The van der Waals surface area contributed by atoms with Crippen LogP contribution in [0.15, 0.2) is 53.1 Å². The fraction of sp³-hybridized carbons (Fsp3) is 0.389. The molecule has 2 aromatic rings. The Bertz CT molecular complexity index is 532. The first-order valence-corrected chi connectivity index (χ1v) is 7.52. The molecular weight excluding hydrogens is 262 g/mol. The zero-order valence-corrected chi connectivity index (χ0v) is 12.7. The fourth-order valence-electron chi connectivity index (χ4n) is 2.45. The van der Waals surface area contributed by atoms with Gasteiger partial charge in [0.1, 0.15) is 5.76 Å². The molecule has 0 saturated carbocycles. The molecule has 1 aromatic carbocycles. The minimum atomic E-state index is 0.122. The van der Waals surface area contributed by atoms with Crippen LogP contribution in [-0.4, -0.2) is 12.5 Å². The number of carbonyl (C=O) groups is 1. The van der Waals surface area contributed by atoms with Crippen LogP contribution in [0, 0.1) is 5.92 Å². The van der Waals surface area contributed by atoms with E-state index in [9.17, 15) is 4.79 Å². The van der Waals surface area contributed by atoms with Gasteiger partial charge in [0.25, 0.3) is 0 Å². The predicted molar refractivity (Wildman–Crippen MR) is 84.1 cm³/mol. The Kier molecular flexibility index (Phi) is 5.61. The number of furan rings is 1. The largest absolute Gasteiger partial charge is 0.469 e. The summed E-state index contributed by atoms with van der Waals surface area (Å²) in [7, 11) is 0. The van der Waals surface area contributed by atoms with E-state index in [1.807, 2.05) is 30.3 Å². The fourth-order valence-corrected chi connectivity index (χ4v) is 2.45. The molecule has 1 amide bonds. The van der Waals surface area contributed by atoms with Crippen LogP contribution in [-0.2, 0) is 4.79 Å². The van der Waals surface area contributed by atoms with Crippen molar-refractivity contribution in [1.82, 2.24) is 5.32 Å². The Balaban J connectivity index is 1.97. The first-order valence-electron chi connectivity index (χ1n) is 7.52. The monoisotopic (exact) mass is 285 g/mol. The highest BCUT2D eigenvalue weighted by Gasteiger charge is 2.16. The van der Waals surface area contributed by atoms with E-state index >= 15 is 0 Å². The van der Waals surface area contributed by atoms with Gasteiger partial charge in [-0.15, -0.1) is 0 Å². The molecule has 0 radical (unpaired) electrons. The third-order valence-electron chi connectivity index (χ3n) is 3.44. The van der Waals surface area contributed by atoms with Gasteiger partial charge in [-0.25, -0.2) is 0 Å². The predicted octanol–water partition coefficient (Wildman–Crippen LogP) is 3.96. The minimum Gasteiger partial charge on any atom is -0.469 e. The average molecular weight is 285 g/mol. The second-order valence-electron chi connectivity index (χ2n) is 5.72. The van der Waals surface area contributed by atoms with Gasteiger partial charge in [-0.3, -0.25) is 4.79 Å². The van der Waals surface area contributed by atoms with Crippen LogP contribution in [0.2, 0.25) is 0 Å². The lowest BCUT2D eigenvalue weighted by Crippen LogP contribution is -2.26. The molecule has 0 aliphatic rings. The lowest BCUT2D eigenvalue weighted by molar-refractivity contribution is -0.121. The van der Waals surface area contributed by atoms with E-state index in [4.69, 9.17) is 4.42 Å². The third kappa shape index (κ3) is 4.78. The van der Waals surface area contributed by atoms with E-state index in [0.717, 1.165) is 12.2 Å². The summed E-state index contributed by atoms with van der Waals surface area (Å²) in [5, 5.41) is 3.00. The van der Waals surface area contributed by atoms with Crippen LogP contribution in [0.4, 0.5) is 0 Å². The molecule has 21 heavy (non-hydrogen) atoms. The molecule has 3 heteroatoms. The van der Waals surface area contributed by atoms with E-state index < -0.39 is 0 Å². The molecule has 1 N–H and O–H groups in total. The maximum Gasteiger partial charge on any atom is 0.220 e. The summed E-state index contributed by atoms with van der Waals surface area (Å²) >= 11 is 0. The summed E-state index contributed by atoms with van der Waals surface area (Å²) in [5.74, 6) is 1.64. The highest BCUT2D eigenvalue weighted by Crippen LogP contribution is 2.27. The van der Waals surface area contributed by atoms with Crippen LogP contribution >= 0.6 is 0 Å². The van der Waals surface area contributed by atoms with Crippen molar-refractivity contribution >= 4 is 5.91 Å². The van der Waals surface area contributed by atoms with Crippen LogP contribution in [0.5, 0.6) is 0 Å². The number of carbonyl (C=O) groups excluding carboxylic acids is 1. The standard InChI is InChI=1S/C18H23NO2/c1-14(2)13-18(20)19-11-10-16(17-9-6-12-21-17)15-7-4-3-5-8-15/h3-9,12,14,16H,10-11,13H2,1-2H3,(H,19,20)/t16-/m1/s1. The van der Waals surface area contributed by atoms with Crippen molar-refractivity contribution in [3.05, 3.63) is 60.1 Å². The molecule has 112 valence electrons. The number of hydrogen-bond donors (Lipinski definition) is 1. The van der Waals surface area contributed by atoms with Crippen molar-refractivity contribution < 1.29 is 9.21 Å². The zero-order valence-electron chi connectivity index (χ0n) is 12.7. The van der Waals surface area contributed by atoms with Crippen LogP contribution < -0.4 is 5.32 Å². The molecule has 1 heterocycles. The summed E-state index contributed by atoms with van der Waals surface area (Å²) in [4.78, 5) is 11.7. The van der Waals surface area contributed by atoms with Crippen molar-refractivity contribution in [3.63, 3.8) is 0 Å². The Hall–Kier alpha value is -2.03. The molecule has 3 nitrogen and oxygen atoms in total. The van der Waals surface area contributed by atoms with Gasteiger partial charge in [-0.2, -0.15) is 0 Å². The van der Waals surface area contributed by atoms with Gasteiger partial charge >= 0.3 is 0 Å². The highest BCUT2D eigenvalue weighted by atomic mass is 16.3. The maximum atomic E-state index is 11.7. The lowest BCUT2D eigenvalue weighted by Gasteiger charge is -2.16. The Morgan fingerprint density at radius 2 is 1.90 bits per heavy atom. The number of rotatable bonds is 7. The van der Waals surface area contributed by atoms with Crippen LogP contribution in [0.25, 0.3) is 0 Å². The van der Waals surface area contributed by atoms with Crippen molar-refractivity contribution in [2.45, 2.75) is 32.6 Å². The average Bonchev–Trinajstić information content (AvgIpc) is 2.97. The normalized spacial score (nSPS) is 12.3. The van der Waals surface area contributed by atoms with E-state index in [2.05, 4.69) is 31.3 Å². The van der Waals surface area contributed by atoms with E-state index in [1.165, 1.54) is 5.56 Å². The van der Waals surface area contributed by atoms with Crippen molar-refractivity contribution in [3.8, 4) is 0 Å². The molecular formula is C18H23NO2. The number of benzene rings is 1. The van der Waals surface area contributed by atoms with Gasteiger partial charge in [0.2, 0.25) is 5.91 Å². The molecule has 0 aliphatic heterocycles. The molecule has 0 spiro atoms. The Labute approximate surface area is 126 Å². The first-order chi connectivity index (χ1) is 10.2. The highest BCUT2D eigenvalue weighted by molar-refractivity contribution is 5.76. The number of amides is 1. The molecule has 1 aromatic heterocycles. The van der Waals surface area contributed by atoms with Crippen LogP contribution in [0.1, 0.15) is 43.9 Å². The van der Waals surface area contributed by atoms with Gasteiger partial charge < -0.3 is 9.73 Å². The van der Waals surface area contributed by atoms with E-state index in [-0.39, 0.29) is 11.8 Å². The van der Waals surface area contributed by atoms with Gasteiger partial charge in [-0.1, -0.05) is 44.2 Å². The summed E-state index contributed by atoms with van der Waals surface area (Å²) < 4.78 is 5.56. The van der Waals surface area contributed by atoms with Crippen molar-refractivity contribution in [1.29, 1.82) is 0 Å². The topological polar surface area (TPSA) is 42.2 Å². The molecule has 0 unspecified atom stereocenters. The smallest absolute Gasteiger partial charge is 0.220 e. The van der Waals surface area contributed by atoms with Gasteiger partial charge in [0.15, 0.2) is 0 Å². The molecule has 0 fully saturated rings. The number of nitrogens with one attached hydrogen (secondary N) is 1. The van der Waals surface area contributed by atoms with Crippen molar-refractivity contribution in [2.75, 3.05) is 6.54 Å².